The highest BCUT2D eigenvalue weighted by molar-refractivity contribution is 7.83. The molecule has 15 heavy (non-hydrogen) atoms. The molecule has 3 rings (SSSR count). The first-order valence-corrected chi connectivity index (χ1v) is 5.49. The topological polar surface area (TPSA) is 69.6 Å². The molecule has 0 aliphatic rings. The molecule has 7 heteroatoms. The minimum absolute atomic E-state index is 0.414. The van der Waals surface area contributed by atoms with Crippen LogP contribution in [0.4, 0.5) is 5.82 Å². The summed E-state index contributed by atoms with van der Waals surface area (Å²) in [6.45, 7) is 0. The van der Waals surface area contributed by atoms with Crippen molar-refractivity contribution in [2.24, 2.45) is 7.05 Å². The standard InChI is InChI=1S/C8H7N5S2/c1-13-2-10-3-4(13)5-7(11-6(3)9)12-8(14)15-5/h2H,1H3,(H3,9,11,12,14). The Morgan fingerprint density at radius 1 is 1.47 bits per heavy atom. The SMILES string of the molecule is Cn1cnc2c(N)nc3nc(S)sc3c21. The van der Waals surface area contributed by atoms with Crippen LogP contribution in [-0.2, 0) is 7.05 Å². The van der Waals surface area contributed by atoms with Crippen LogP contribution in [0.5, 0.6) is 0 Å². The maximum atomic E-state index is 5.80. The molecule has 0 aliphatic carbocycles. The Labute approximate surface area is 94.4 Å². The predicted molar refractivity (Wildman–Crippen MR) is 63.4 cm³/mol. The Kier molecular flexibility index (Phi) is 1.68. The van der Waals surface area contributed by atoms with Crippen molar-refractivity contribution in [1.29, 1.82) is 0 Å². The molecule has 5 nitrogen and oxygen atoms in total. The summed E-state index contributed by atoms with van der Waals surface area (Å²) < 4.78 is 3.58. The van der Waals surface area contributed by atoms with Gasteiger partial charge in [-0.25, -0.2) is 15.0 Å². The van der Waals surface area contributed by atoms with E-state index in [4.69, 9.17) is 5.73 Å². The van der Waals surface area contributed by atoms with Gasteiger partial charge in [0.05, 0.1) is 11.8 Å². The lowest BCUT2D eigenvalue weighted by atomic mass is 10.3. The van der Waals surface area contributed by atoms with E-state index in [1.54, 1.807) is 6.33 Å². The molecule has 76 valence electrons. The number of thiazole rings is 1. The number of hydrogen-bond acceptors (Lipinski definition) is 6. The third-order valence-corrected chi connectivity index (χ3v) is 3.45. The van der Waals surface area contributed by atoms with Crippen LogP contribution in [0.15, 0.2) is 10.7 Å². The maximum Gasteiger partial charge on any atom is 0.176 e. The van der Waals surface area contributed by atoms with E-state index in [-0.39, 0.29) is 0 Å². The Balaban J connectivity index is 2.66. The van der Waals surface area contributed by atoms with Gasteiger partial charge in [0.15, 0.2) is 11.5 Å². The van der Waals surface area contributed by atoms with Crippen LogP contribution in [0.3, 0.4) is 0 Å². The maximum absolute atomic E-state index is 5.80. The molecule has 0 saturated heterocycles. The van der Waals surface area contributed by atoms with E-state index >= 15 is 0 Å². The van der Waals surface area contributed by atoms with Crippen molar-refractivity contribution in [3.05, 3.63) is 6.33 Å². The Bertz CT molecular complexity index is 668. The van der Waals surface area contributed by atoms with Crippen LogP contribution < -0.4 is 5.73 Å². The van der Waals surface area contributed by atoms with Crippen LogP contribution in [0.2, 0.25) is 0 Å². The van der Waals surface area contributed by atoms with Gasteiger partial charge in [-0.15, -0.1) is 24.0 Å². The third-order valence-electron chi connectivity index (χ3n) is 2.22. The first-order valence-electron chi connectivity index (χ1n) is 4.23. The lowest BCUT2D eigenvalue weighted by molar-refractivity contribution is 0.951. The van der Waals surface area contributed by atoms with Gasteiger partial charge in [-0.05, 0) is 0 Å². The lowest BCUT2D eigenvalue weighted by Crippen LogP contribution is -1.93. The molecule has 3 aromatic rings. The fraction of sp³-hybridized carbons (Fsp3) is 0.125. The van der Waals surface area contributed by atoms with Crippen molar-refractivity contribution in [1.82, 2.24) is 19.5 Å². The van der Waals surface area contributed by atoms with Gasteiger partial charge < -0.3 is 10.3 Å². The molecular formula is C8H7N5S2. The molecule has 0 spiro atoms. The second-order valence-electron chi connectivity index (χ2n) is 3.20. The zero-order valence-electron chi connectivity index (χ0n) is 7.80. The number of nitrogens with zero attached hydrogens (tertiary/aromatic N) is 4. The molecule has 0 amide bonds. The molecule has 3 heterocycles. The molecule has 3 aromatic heterocycles. The summed E-state index contributed by atoms with van der Waals surface area (Å²) in [5, 5.41) is 0. The highest BCUT2D eigenvalue weighted by Gasteiger charge is 2.13. The van der Waals surface area contributed by atoms with Gasteiger partial charge in [0, 0.05) is 7.05 Å². The number of hydrogen-bond donors (Lipinski definition) is 2. The zero-order valence-corrected chi connectivity index (χ0v) is 9.51. The van der Waals surface area contributed by atoms with Crippen LogP contribution in [0.1, 0.15) is 0 Å². The second-order valence-corrected chi connectivity index (χ2v) is 4.92. The fourth-order valence-electron chi connectivity index (χ4n) is 1.58. The molecule has 0 fully saturated rings. The van der Waals surface area contributed by atoms with Gasteiger partial charge >= 0.3 is 0 Å². The first kappa shape index (κ1) is 8.93. The van der Waals surface area contributed by atoms with Gasteiger partial charge in [0.2, 0.25) is 0 Å². The summed E-state index contributed by atoms with van der Waals surface area (Å²) in [5.41, 5.74) is 8.13. The molecule has 0 unspecified atom stereocenters. The van der Waals surface area contributed by atoms with Gasteiger partial charge in [-0.3, -0.25) is 0 Å². The summed E-state index contributed by atoms with van der Waals surface area (Å²) in [5.74, 6) is 0.414. The first-order chi connectivity index (χ1) is 7.16. The average Bonchev–Trinajstić information content (AvgIpc) is 2.69. The summed E-state index contributed by atoms with van der Waals surface area (Å²) in [7, 11) is 1.92. The monoisotopic (exact) mass is 237 g/mol. The number of anilines is 1. The summed E-state index contributed by atoms with van der Waals surface area (Å²) >= 11 is 5.70. The van der Waals surface area contributed by atoms with Crippen molar-refractivity contribution in [3.63, 3.8) is 0 Å². The number of aromatic nitrogens is 4. The number of imidazole rings is 1. The van der Waals surface area contributed by atoms with Crippen molar-refractivity contribution in [2.75, 3.05) is 5.73 Å². The van der Waals surface area contributed by atoms with E-state index in [1.807, 2.05) is 11.6 Å². The quantitative estimate of drug-likeness (QED) is 0.581. The van der Waals surface area contributed by atoms with Crippen LogP contribution in [0.25, 0.3) is 21.4 Å². The number of thiol groups is 1. The van der Waals surface area contributed by atoms with E-state index in [9.17, 15) is 0 Å². The number of nitrogen functional groups attached to an aromatic ring is 1. The number of aryl methyl sites for hydroxylation is 1. The van der Waals surface area contributed by atoms with E-state index in [0.717, 1.165) is 15.7 Å². The molecule has 0 aromatic carbocycles. The van der Waals surface area contributed by atoms with Crippen molar-refractivity contribution in [3.8, 4) is 0 Å². The fourth-order valence-corrected chi connectivity index (χ4v) is 2.79. The molecule has 0 radical (unpaired) electrons. The molecular weight excluding hydrogens is 230 g/mol. The zero-order chi connectivity index (χ0) is 10.6. The number of nitrogens with two attached hydrogens (primary N) is 1. The van der Waals surface area contributed by atoms with Gasteiger partial charge in [0.1, 0.15) is 14.6 Å². The lowest BCUT2D eigenvalue weighted by Gasteiger charge is -1.97. The molecule has 0 saturated carbocycles. The van der Waals surface area contributed by atoms with Gasteiger partial charge in [-0.1, -0.05) is 0 Å². The predicted octanol–water partition coefficient (Wildman–Crippen LogP) is 1.45. The third kappa shape index (κ3) is 1.13. The Morgan fingerprint density at radius 2 is 2.27 bits per heavy atom. The summed E-state index contributed by atoms with van der Waals surface area (Å²) in [6.07, 6.45) is 1.72. The van der Waals surface area contributed by atoms with E-state index in [1.165, 1.54) is 11.3 Å². The summed E-state index contributed by atoms with van der Waals surface area (Å²) in [4.78, 5) is 12.6. The normalized spacial score (nSPS) is 11.6. The second kappa shape index (κ2) is 2.83. The van der Waals surface area contributed by atoms with Crippen molar-refractivity contribution < 1.29 is 0 Å². The van der Waals surface area contributed by atoms with Crippen LogP contribution in [-0.4, -0.2) is 19.5 Å². The number of pyridine rings is 1. The highest BCUT2D eigenvalue weighted by Crippen LogP contribution is 2.31. The molecule has 0 aliphatic heterocycles. The molecule has 0 bridgehead atoms. The van der Waals surface area contributed by atoms with E-state index in [2.05, 4.69) is 27.6 Å². The van der Waals surface area contributed by atoms with E-state index in [0.29, 0.717) is 15.8 Å². The Morgan fingerprint density at radius 3 is 3.07 bits per heavy atom. The number of rotatable bonds is 0. The summed E-state index contributed by atoms with van der Waals surface area (Å²) in [6, 6.07) is 0. The molecule has 2 N–H and O–H groups in total. The Hall–Kier alpha value is -1.34. The minimum Gasteiger partial charge on any atom is -0.382 e. The van der Waals surface area contributed by atoms with Gasteiger partial charge in [0.25, 0.3) is 0 Å². The van der Waals surface area contributed by atoms with Crippen molar-refractivity contribution in [2.45, 2.75) is 4.34 Å². The smallest absolute Gasteiger partial charge is 0.176 e. The van der Waals surface area contributed by atoms with Crippen LogP contribution in [0, 0.1) is 0 Å². The van der Waals surface area contributed by atoms with E-state index < -0.39 is 0 Å². The highest BCUT2D eigenvalue weighted by atomic mass is 32.2. The number of fused-ring (bicyclic) bond motifs is 3. The minimum atomic E-state index is 0.414. The van der Waals surface area contributed by atoms with Crippen molar-refractivity contribution >= 4 is 51.2 Å². The average molecular weight is 237 g/mol. The van der Waals surface area contributed by atoms with Crippen LogP contribution >= 0.6 is 24.0 Å². The van der Waals surface area contributed by atoms with Gasteiger partial charge in [-0.2, -0.15) is 0 Å². The molecule has 0 atom stereocenters. The largest absolute Gasteiger partial charge is 0.382 e.